The van der Waals surface area contributed by atoms with Crippen LogP contribution >= 0.6 is 0 Å². The molecule has 2 aromatic heterocycles. The molecule has 2 bridgehead atoms. The first kappa shape index (κ1) is 22.6. The summed E-state index contributed by atoms with van der Waals surface area (Å²) < 4.78 is 38.3. The Bertz CT molecular complexity index is 996. The van der Waals surface area contributed by atoms with E-state index in [0.717, 1.165) is 38.9 Å². The SMILES string of the molecule is CC1(CNC(=O)c2cccn3nc(CC(=O)NCC(F)(F)F)cc23)CCCN2CC(C2)C1. The lowest BCUT2D eigenvalue weighted by molar-refractivity contribution is -0.138. The number of halogens is 3. The van der Waals surface area contributed by atoms with Crippen molar-refractivity contribution >= 4 is 17.3 Å². The van der Waals surface area contributed by atoms with Crippen LogP contribution < -0.4 is 10.6 Å². The summed E-state index contributed by atoms with van der Waals surface area (Å²) in [5, 5.41) is 9.14. The summed E-state index contributed by atoms with van der Waals surface area (Å²) in [6.45, 7) is 4.86. The fourth-order valence-corrected chi connectivity index (χ4v) is 4.84. The van der Waals surface area contributed by atoms with Crippen molar-refractivity contribution in [2.75, 3.05) is 32.7 Å². The predicted molar refractivity (Wildman–Crippen MR) is 112 cm³/mol. The van der Waals surface area contributed by atoms with Gasteiger partial charge >= 0.3 is 6.18 Å². The van der Waals surface area contributed by atoms with E-state index in [4.69, 9.17) is 0 Å². The van der Waals surface area contributed by atoms with Crippen molar-refractivity contribution in [2.45, 2.75) is 38.8 Å². The molecular formula is C22H28F3N5O2. The average Bonchev–Trinajstić information content (AvgIpc) is 3.08. The molecule has 2 aromatic rings. The largest absolute Gasteiger partial charge is 0.405 e. The van der Waals surface area contributed by atoms with Gasteiger partial charge in [-0.2, -0.15) is 18.3 Å². The van der Waals surface area contributed by atoms with Gasteiger partial charge in [-0.3, -0.25) is 9.59 Å². The molecule has 32 heavy (non-hydrogen) atoms. The molecule has 1 atom stereocenters. The quantitative estimate of drug-likeness (QED) is 0.707. The zero-order valence-corrected chi connectivity index (χ0v) is 18.0. The van der Waals surface area contributed by atoms with Crippen molar-refractivity contribution in [2.24, 2.45) is 11.3 Å². The minimum Gasteiger partial charge on any atom is -0.351 e. The summed E-state index contributed by atoms with van der Waals surface area (Å²) >= 11 is 0. The standard InChI is InChI=1S/C22H28F3N5O2/c1-21(5-3-6-29-11-15(10-21)12-29)13-27-20(32)17-4-2-7-30-18(17)8-16(28-30)9-19(31)26-14-22(23,24)25/h2,4,7-8,15H,3,5-6,9-14H2,1H3,(H,26,31)(H,27,32). The molecule has 10 heteroatoms. The Morgan fingerprint density at radius 3 is 2.81 bits per heavy atom. The van der Waals surface area contributed by atoms with Crippen molar-refractivity contribution in [3.63, 3.8) is 0 Å². The van der Waals surface area contributed by atoms with E-state index in [-0.39, 0.29) is 17.7 Å². The number of pyridine rings is 1. The van der Waals surface area contributed by atoms with Crippen molar-refractivity contribution < 1.29 is 22.8 Å². The molecule has 3 fully saturated rings. The molecule has 5 rings (SSSR count). The Morgan fingerprint density at radius 1 is 1.28 bits per heavy atom. The zero-order chi connectivity index (χ0) is 22.9. The van der Waals surface area contributed by atoms with Crippen LogP contribution in [0.4, 0.5) is 13.2 Å². The second kappa shape index (κ2) is 8.73. The van der Waals surface area contributed by atoms with Gasteiger partial charge in [0.15, 0.2) is 0 Å². The molecule has 7 nitrogen and oxygen atoms in total. The maximum Gasteiger partial charge on any atom is 0.405 e. The average molecular weight is 451 g/mol. The first-order valence-electron chi connectivity index (χ1n) is 10.9. The van der Waals surface area contributed by atoms with Crippen molar-refractivity contribution in [3.05, 3.63) is 35.7 Å². The molecule has 0 spiro atoms. The third-order valence-electron chi connectivity index (χ3n) is 6.37. The number of carbonyl (C=O) groups is 2. The van der Waals surface area contributed by atoms with Gasteiger partial charge < -0.3 is 15.5 Å². The molecule has 0 saturated carbocycles. The highest BCUT2D eigenvalue weighted by molar-refractivity contribution is 6.00. The lowest BCUT2D eigenvalue weighted by Gasteiger charge is -2.47. The van der Waals surface area contributed by atoms with Gasteiger partial charge in [-0.25, -0.2) is 4.52 Å². The minimum atomic E-state index is -4.47. The number of hydrogen-bond acceptors (Lipinski definition) is 4. The third-order valence-corrected chi connectivity index (χ3v) is 6.37. The van der Waals surface area contributed by atoms with E-state index in [9.17, 15) is 22.8 Å². The highest BCUT2D eigenvalue weighted by Gasteiger charge is 2.37. The lowest BCUT2D eigenvalue weighted by atomic mass is 9.73. The topological polar surface area (TPSA) is 78.7 Å². The molecule has 0 aromatic carbocycles. The Kier molecular flexibility index (Phi) is 6.15. The van der Waals surface area contributed by atoms with Crippen molar-refractivity contribution in [3.8, 4) is 0 Å². The van der Waals surface area contributed by atoms with Gasteiger partial charge in [-0.1, -0.05) is 6.92 Å². The van der Waals surface area contributed by atoms with Crippen LogP contribution in [0.2, 0.25) is 0 Å². The fraction of sp³-hybridized carbons (Fsp3) is 0.591. The highest BCUT2D eigenvalue weighted by atomic mass is 19.4. The smallest absolute Gasteiger partial charge is 0.351 e. The summed E-state index contributed by atoms with van der Waals surface area (Å²) in [6.07, 6.45) is 0.158. The summed E-state index contributed by atoms with van der Waals surface area (Å²) in [4.78, 5) is 27.3. The maximum atomic E-state index is 13.0. The number of amides is 2. The second-order valence-corrected chi connectivity index (χ2v) is 9.38. The maximum absolute atomic E-state index is 13.0. The number of carbonyl (C=O) groups excluding carboxylic acids is 2. The Labute approximate surface area is 184 Å². The van der Waals surface area contributed by atoms with Crippen LogP contribution in [0.5, 0.6) is 0 Å². The zero-order valence-electron chi connectivity index (χ0n) is 18.0. The monoisotopic (exact) mass is 451 g/mol. The van der Waals surface area contributed by atoms with Crippen LogP contribution in [-0.4, -0.2) is 65.2 Å². The molecule has 1 unspecified atom stereocenters. The summed E-state index contributed by atoms with van der Waals surface area (Å²) in [7, 11) is 0. The highest BCUT2D eigenvalue weighted by Crippen LogP contribution is 2.37. The molecule has 2 N–H and O–H groups in total. The number of aromatic nitrogens is 2. The number of fused-ring (bicyclic) bond motifs is 5. The van der Waals surface area contributed by atoms with E-state index in [2.05, 4.69) is 22.2 Å². The van der Waals surface area contributed by atoms with Gasteiger partial charge in [0.2, 0.25) is 5.91 Å². The molecule has 5 heterocycles. The number of alkyl halides is 3. The number of nitrogens with zero attached hydrogens (tertiary/aromatic N) is 3. The van der Waals surface area contributed by atoms with Crippen LogP contribution in [0.1, 0.15) is 42.2 Å². The molecular weight excluding hydrogens is 423 g/mol. The molecule has 3 aliphatic heterocycles. The fourth-order valence-electron chi connectivity index (χ4n) is 4.84. The Morgan fingerprint density at radius 2 is 2.06 bits per heavy atom. The normalized spacial score (nSPS) is 25.5. The van der Waals surface area contributed by atoms with Crippen molar-refractivity contribution in [1.29, 1.82) is 0 Å². The van der Waals surface area contributed by atoms with Crippen LogP contribution in [0.25, 0.3) is 5.52 Å². The van der Waals surface area contributed by atoms with E-state index in [1.807, 2.05) is 5.32 Å². The third kappa shape index (κ3) is 5.40. The summed E-state index contributed by atoms with van der Waals surface area (Å²) in [5.41, 5.74) is 1.29. The molecule has 0 aliphatic carbocycles. The van der Waals surface area contributed by atoms with E-state index in [0.29, 0.717) is 29.2 Å². The van der Waals surface area contributed by atoms with Gasteiger partial charge in [-0.15, -0.1) is 0 Å². The van der Waals surface area contributed by atoms with Gasteiger partial charge in [0.25, 0.3) is 5.91 Å². The minimum absolute atomic E-state index is 0.0554. The number of nitrogens with one attached hydrogen (secondary N) is 2. The van der Waals surface area contributed by atoms with Gasteiger partial charge in [0, 0.05) is 25.8 Å². The van der Waals surface area contributed by atoms with Gasteiger partial charge in [-0.05, 0) is 55.3 Å². The Balaban J connectivity index is 1.41. The molecule has 0 radical (unpaired) electrons. The van der Waals surface area contributed by atoms with E-state index in [1.54, 1.807) is 24.4 Å². The molecule has 174 valence electrons. The van der Waals surface area contributed by atoms with Crippen LogP contribution in [0.15, 0.2) is 24.4 Å². The Hall–Kier alpha value is -2.62. The predicted octanol–water partition coefficient (Wildman–Crippen LogP) is 2.41. The van der Waals surface area contributed by atoms with Gasteiger partial charge in [0.05, 0.1) is 23.2 Å². The summed E-state index contributed by atoms with van der Waals surface area (Å²) in [5.74, 6) is -0.299. The molecule has 2 amide bonds. The van der Waals surface area contributed by atoms with E-state index >= 15 is 0 Å². The van der Waals surface area contributed by atoms with Crippen LogP contribution in [0, 0.1) is 11.3 Å². The van der Waals surface area contributed by atoms with E-state index in [1.165, 1.54) is 4.52 Å². The van der Waals surface area contributed by atoms with Gasteiger partial charge in [0.1, 0.15) is 6.54 Å². The first-order chi connectivity index (χ1) is 15.1. The summed E-state index contributed by atoms with van der Waals surface area (Å²) in [6, 6.07) is 4.94. The molecule has 3 saturated heterocycles. The lowest BCUT2D eigenvalue weighted by Crippen LogP contribution is -2.52. The molecule has 3 aliphatic rings. The number of rotatable bonds is 6. The van der Waals surface area contributed by atoms with Crippen LogP contribution in [0.3, 0.4) is 0 Å². The second-order valence-electron chi connectivity index (χ2n) is 9.38. The van der Waals surface area contributed by atoms with Crippen LogP contribution in [-0.2, 0) is 11.2 Å². The van der Waals surface area contributed by atoms with E-state index < -0.39 is 18.6 Å². The number of hydrogen-bond donors (Lipinski definition) is 2. The van der Waals surface area contributed by atoms with Crippen molar-refractivity contribution in [1.82, 2.24) is 25.1 Å². The first-order valence-corrected chi connectivity index (χ1v) is 10.9.